The van der Waals surface area contributed by atoms with Gasteiger partial charge in [-0.15, -0.1) is 0 Å². The molecular formula is C10H12N2O4. The van der Waals surface area contributed by atoms with E-state index in [4.69, 9.17) is 10.5 Å². The van der Waals surface area contributed by atoms with E-state index in [0.29, 0.717) is 12.8 Å². The average Bonchev–Trinajstić information content (AvgIpc) is 2.24. The van der Waals surface area contributed by atoms with Crippen LogP contribution < -0.4 is 0 Å². The molecule has 0 spiro atoms. The summed E-state index contributed by atoms with van der Waals surface area (Å²) in [7, 11) is 0. The van der Waals surface area contributed by atoms with Gasteiger partial charge < -0.3 is 9.47 Å². The number of ether oxygens (including phenoxy) is 2. The zero-order valence-corrected chi connectivity index (χ0v) is 8.77. The average molecular weight is 224 g/mol. The van der Waals surface area contributed by atoms with E-state index in [0.717, 1.165) is 0 Å². The molecule has 0 aliphatic rings. The van der Waals surface area contributed by atoms with Crippen LogP contribution in [0.1, 0.15) is 25.7 Å². The van der Waals surface area contributed by atoms with Crippen molar-refractivity contribution >= 4 is 11.9 Å². The summed E-state index contributed by atoms with van der Waals surface area (Å²) >= 11 is 0. The molecule has 6 nitrogen and oxygen atoms in total. The Labute approximate surface area is 93.4 Å². The highest BCUT2D eigenvalue weighted by molar-refractivity contribution is 5.72. The van der Waals surface area contributed by atoms with E-state index in [2.05, 4.69) is 9.47 Å². The van der Waals surface area contributed by atoms with E-state index in [1.54, 1.807) is 12.1 Å². The van der Waals surface area contributed by atoms with Crippen LogP contribution in [0.2, 0.25) is 0 Å². The second kappa shape index (κ2) is 9.47. The number of carbonyl (C=O) groups excluding carboxylic acids is 2. The molecule has 0 rings (SSSR count). The van der Waals surface area contributed by atoms with Gasteiger partial charge in [-0.25, -0.2) is 0 Å². The Kier molecular flexibility index (Phi) is 8.24. The van der Waals surface area contributed by atoms with Crippen molar-refractivity contribution in [1.82, 2.24) is 0 Å². The van der Waals surface area contributed by atoms with Gasteiger partial charge in [-0.3, -0.25) is 9.59 Å². The lowest BCUT2D eigenvalue weighted by atomic mass is 10.3. The molecule has 16 heavy (non-hydrogen) atoms. The summed E-state index contributed by atoms with van der Waals surface area (Å²) in [5.41, 5.74) is 0. The summed E-state index contributed by atoms with van der Waals surface area (Å²) < 4.78 is 9.37. The molecule has 6 heteroatoms. The molecule has 0 aromatic heterocycles. The molecule has 0 heterocycles. The van der Waals surface area contributed by atoms with Crippen molar-refractivity contribution in [2.75, 3.05) is 13.2 Å². The van der Waals surface area contributed by atoms with Crippen molar-refractivity contribution in [3.05, 3.63) is 0 Å². The van der Waals surface area contributed by atoms with Crippen LogP contribution in [0.3, 0.4) is 0 Å². The quantitative estimate of drug-likeness (QED) is 0.465. The van der Waals surface area contributed by atoms with Gasteiger partial charge in [-0.2, -0.15) is 10.5 Å². The predicted molar refractivity (Wildman–Crippen MR) is 51.6 cm³/mol. The normalized spacial score (nSPS) is 8.62. The summed E-state index contributed by atoms with van der Waals surface area (Å²) in [4.78, 5) is 21.4. The molecule has 0 N–H and O–H groups in total. The predicted octanol–water partition coefficient (Wildman–Crippen LogP) is 0.680. The summed E-state index contributed by atoms with van der Waals surface area (Å²) in [5.74, 6) is -1.10. The highest BCUT2D eigenvalue weighted by Gasteiger charge is 2.02. The minimum Gasteiger partial charge on any atom is -0.465 e. The number of hydrogen-bond acceptors (Lipinski definition) is 6. The molecule has 0 unspecified atom stereocenters. The van der Waals surface area contributed by atoms with E-state index < -0.39 is 11.9 Å². The van der Waals surface area contributed by atoms with E-state index in [9.17, 15) is 9.59 Å². The van der Waals surface area contributed by atoms with Crippen LogP contribution >= 0.6 is 0 Å². The lowest BCUT2D eigenvalue weighted by molar-refractivity contribution is -0.145. The lowest BCUT2D eigenvalue weighted by Crippen LogP contribution is -2.07. The van der Waals surface area contributed by atoms with Crippen LogP contribution in [0.25, 0.3) is 0 Å². The minimum atomic E-state index is -0.552. The Hall–Kier alpha value is -2.08. The highest BCUT2D eigenvalue weighted by atomic mass is 16.5. The molecule has 0 saturated carbocycles. The van der Waals surface area contributed by atoms with Crippen molar-refractivity contribution < 1.29 is 19.1 Å². The number of nitrogens with zero attached hydrogens (tertiary/aromatic N) is 2. The summed E-state index contributed by atoms with van der Waals surface area (Å²) in [6.45, 7) is 0.409. The first-order valence-electron chi connectivity index (χ1n) is 4.76. The Bertz CT molecular complexity index is 282. The smallest absolute Gasteiger partial charge is 0.320 e. The molecule has 86 valence electrons. The van der Waals surface area contributed by atoms with Crippen molar-refractivity contribution in [2.45, 2.75) is 25.7 Å². The first-order chi connectivity index (χ1) is 7.70. The third-order valence-electron chi connectivity index (χ3n) is 1.51. The standard InChI is InChI=1S/C10H12N2O4/c11-5-3-9(13)15-7-1-2-8-16-10(14)4-6-12/h1-4,7-8H2. The number of rotatable bonds is 7. The maximum Gasteiger partial charge on any atom is 0.320 e. The minimum absolute atomic E-state index is 0.205. The fourth-order valence-electron chi connectivity index (χ4n) is 0.807. The maximum atomic E-state index is 10.7. The van der Waals surface area contributed by atoms with Gasteiger partial charge in [0.05, 0.1) is 25.4 Å². The van der Waals surface area contributed by atoms with Gasteiger partial charge in [-0.05, 0) is 12.8 Å². The number of carbonyl (C=O) groups is 2. The topological polar surface area (TPSA) is 100 Å². The first-order valence-corrected chi connectivity index (χ1v) is 4.76. The largest absolute Gasteiger partial charge is 0.465 e. The second-order valence-electron chi connectivity index (χ2n) is 2.82. The second-order valence-corrected chi connectivity index (χ2v) is 2.82. The molecule has 0 bridgehead atoms. The van der Waals surface area contributed by atoms with Gasteiger partial charge in [0.25, 0.3) is 0 Å². The molecule has 0 aromatic carbocycles. The molecule has 0 radical (unpaired) electrons. The third-order valence-corrected chi connectivity index (χ3v) is 1.51. The molecule has 0 atom stereocenters. The van der Waals surface area contributed by atoms with Crippen molar-refractivity contribution in [3.8, 4) is 12.1 Å². The number of hydrogen-bond donors (Lipinski definition) is 0. The zero-order chi connectivity index (χ0) is 12.2. The number of nitriles is 2. The number of unbranched alkanes of at least 4 members (excludes halogenated alkanes) is 1. The highest BCUT2D eigenvalue weighted by Crippen LogP contribution is 1.95. The fraction of sp³-hybridized carbons (Fsp3) is 0.600. The lowest BCUT2D eigenvalue weighted by Gasteiger charge is -2.03. The van der Waals surface area contributed by atoms with Crippen LogP contribution in [0.5, 0.6) is 0 Å². The first kappa shape index (κ1) is 13.9. The summed E-state index contributed by atoms with van der Waals surface area (Å²) in [6.07, 6.45) is 0.600. The molecule has 0 aliphatic carbocycles. The van der Waals surface area contributed by atoms with Gasteiger partial charge in [-0.1, -0.05) is 0 Å². The van der Waals surface area contributed by atoms with E-state index in [-0.39, 0.29) is 26.1 Å². The Morgan fingerprint density at radius 3 is 1.56 bits per heavy atom. The number of esters is 2. The van der Waals surface area contributed by atoms with Crippen molar-refractivity contribution in [1.29, 1.82) is 10.5 Å². The SMILES string of the molecule is N#CCC(=O)OCCCCOC(=O)CC#N. The van der Waals surface area contributed by atoms with Gasteiger partial charge in [0.15, 0.2) is 0 Å². The van der Waals surface area contributed by atoms with Crippen molar-refractivity contribution in [2.24, 2.45) is 0 Å². The molecule has 0 aromatic rings. The van der Waals surface area contributed by atoms with Gasteiger partial charge in [0, 0.05) is 0 Å². The Balaban J connectivity index is 3.29. The van der Waals surface area contributed by atoms with Gasteiger partial charge in [0.1, 0.15) is 12.8 Å². The van der Waals surface area contributed by atoms with E-state index in [1.807, 2.05) is 0 Å². The van der Waals surface area contributed by atoms with Crippen LogP contribution in [0, 0.1) is 22.7 Å². The molecule has 0 aliphatic heterocycles. The molecule has 0 saturated heterocycles. The monoisotopic (exact) mass is 224 g/mol. The summed E-state index contributed by atoms with van der Waals surface area (Å²) in [5, 5.41) is 16.3. The third kappa shape index (κ3) is 8.52. The maximum absolute atomic E-state index is 10.7. The van der Waals surface area contributed by atoms with Gasteiger partial charge in [0.2, 0.25) is 0 Å². The van der Waals surface area contributed by atoms with Crippen LogP contribution in [-0.4, -0.2) is 25.2 Å². The van der Waals surface area contributed by atoms with Gasteiger partial charge >= 0.3 is 11.9 Å². The van der Waals surface area contributed by atoms with Crippen LogP contribution in [0.4, 0.5) is 0 Å². The summed E-state index contributed by atoms with van der Waals surface area (Å²) in [6, 6.07) is 3.35. The van der Waals surface area contributed by atoms with Crippen LogP contribution in [-0.2, 0) is 19.1 Å². The van der Waals surface area contributed by atoms with Crippen LogP contribution in [0.15, 0.2) is 0 Å². The van der Waals surface area contributed by atoms with E-state index >= 15 is 0 Å². The fourth-order valence-corrected chi connectivity index (χ4v) is 0.807. The Morgan fingerprint density at radius 2 is 1.25 bits per heavy atom. The molecular weight excluding hydrogens is 212 g/mol. The molecule has 0 fully saturated rings. The van der Waals surface area contributed by atoms with E-state index in [1.165, 1.54) is 0 Å². The zero-order valence-electron chi connectivity index (χ0n) is 8.77. The molecule has 0 amide bonds. The Morgan fingerprint density at radius 1 is 0.875 bits per heavy atom. The van der Waals surface area contributed by atoms with Crippen molar-refractivity contribution in [3.63, 3.8) is 0 Å².